The number of fused-ring (bicyclic) bond motifs is 2. The Balaban J connectivity index is 1.47. The third-order valence-corrected chi connectivity index (χ3v) is 6.55. The quantitative estimate of drug-likeness (QED) is 0.368. The van der Waals surface area contributed by atoms with Crippen LogP contribution in [-0.2, 0) is 23.1 Å². The molecule has 34 heavy (non-hydrogen) atoms. The maximum absolute atomic E-state index is 14.1. The Morgan fingerprint density at radius 1 is 0.765 bits per heavy atom. The van der Waals surface area contributed by atoms with Crippen LogP contribution < -0.4 is 10.1 Å². The molecule has 4 aromatic rings. The molecule has 1 amide bonds. The average molecular weight is 449 g/mol. The summed E-state index contributed by atoms with van der Waals surface area (Å²) in [6.07, 6.45) is 4.95. The number of aromatic nitrogens is 1. The van der Waals surface area contributed by atoms with E-state index >= 15 is 0 Å². The number of nitrogens with one attached hydrogen (secondary N) is 1. The molecule has 0 saturated carbocycles. The molecule has 170 valence electrons. The molecule has 5 rings (SSSR count). The van der Waals surface area contributed by atoms with Crippen LogP contribution in [-0.4, -0.2) is 17.4 Å². The van der Waals surface area contributed by atoms with Crippen molar-refractivity contribution in [1.29, 1.82) is 0 Å². The Morgan fingerprint density at radius 2 is 1.41 bits per heavy atom. The van der Waals surface area contributed by atoms with Crippen molar-refractivity contribution in [3.05, 3.63) is 126 Å². The smallest absolute Gasteiger partial charge is 0.235 e. The lowest BCUT2D eigenvalue weighted by Crippen LogP contribution is -2.47. The lowest BCUT2D eigenvalue weighted by molar-refractivity contribution is -0.125. The summed E-state index contributed by atoms with van der Waals surface area (Å²) in [5.41, 5.74) is 3.29. The molecule has 2 heterocycles. The number of carbonyl (C=O) groups is 1. The summed E-state index contributed by atoms with van der Waals surface area (Å²) >= 11 is 0. The molecule has 1 N–H and O–H groups in total. The van der Waals surface area contributed by atoms with Crippen LogP contribution in [0.15, 0.2) is 103 Å². The summed E-state index contributed by atoms with van der Waals surface area (Å²) in [7, 11) is 0. The number of hydrogen-bond acceptors (Lipinski definition) is 3. The van der Waals surface area contributed by atoms with Gasteiger partial charge in [0.25, 0.3) is 0 Å². The Bertz CT molecular complexity index is 1210. The molecule has 1 aromatic heterocycles. The van der Waals surface area contributed by atoms with Crippen molar-refractivity contribution in [2.75, 3.05) is 6.54 Å². The zero-order valence-electron chi connectivity index (χ0n) is 19.1. The number of nitrogens with zero attached hydrogens (tertiary/aromatic N) is 1. The highest BCUT2D eigenvalue weighted by Gasteiger charge is 2.47. The predicted molar refractivity (Wildman–Crippen MR) is 134 cm³/mol. The number of carbonyl (C=O) groups excluding carboxylic acids is 1. The summed E-state index contributed by atoms with van der Waals surface area (Å²) < 4.78 is 6.23. The minimum absolute atomic E-state index is 0.0136. The van der Waals surface area contributed by atoms with E-state index in [-0.39, 0.29) is 5.91 Å². The van der Waals surface area contributed by atoms with Gasteiger partial charge in [-0.05, 0) is 49.1 Å². The number of pyridine rings is 1. The number of rotatable bonds is 8. The van der Waals surface area contributed by atoms with Gasteiger partial charge in [-0.1, -0.05) is 72.8 Å². The van der Waals surface area contributed by atoms with Crippen LogP contribution in [0, 0.1) is 0 Å². The molecule has 1 aliphatic rings. The Morgan fingerprint density at radius 3 is 2.09 bits per heavy atom. The number of para-hydroxylation sites is 2. The first-order valence-electron chi connectivity index (χ1n) is 11.9. The number of benzene rings is 3. The molecule has 4 nitrogen and oxygen atoms in total. The average Bonchev–Trinajstić information content (AvgIpc) is 2.89. The first-order valence-corrected chi connectivity index (χ1v) is 11.9. The molecular formula is C30H28N2O2. The summed E-state index contributed by atoms with van der Waals surface area (Å²) in [5, 5.41) is 3.24. The molecule has 0 radical (unpaired) electrons. The highest BCUT2D eigenvalue weighted by molar-refractivity contribution is 5.94. The monoisotopic (exact) mass is 448 g/mol. The fourth-order valence-corrected chi connectivity index (χ4v) is 4.91. The second kappa shape index (κ2) is 9.92. The molecule has 0 aliphatic carbocycles. The van der Waals surface area contributed by atoms with Gasteiger partial charge in [-0.15, -0.1) is 0 Å². The molecule has 1 aliphatic heterocycles. The Kier molecular flexibility index (Phi) is 6.39. The number of aryl methyl sites for hydroxylation is 1. The van der Waals surface area contributed by atoms with E-state index in [4.69, 9.17) is 4.74 Å². The van der Waals surface area contributed by atoms with E-state index in [2.05, 4.69) is 34.6 Å². The standard InChI is InChI=1S/C30H28N2O2/c33-29(32-22-19-24-14-8-9-21-31-24)30(20-10-13-23-11-2-1-3-12-23)25-15-4-6-17-27(25)34-28-18-7-5-16-26(28)30/h1-9,11-12,14-18,21H,10,13,19-20,22H2,(H,32,33). The Hall–Kier alpha value is -3.92. The van der Waals surface area contributed by atoms with E-state index in [1.165, 1.54) is 5.56 Å². The third kappa shape index (κ3) is 4.32. The normalized spacial score (nSPS) is 13.3. The lowest BCUT2D eigenvalue weighted by Gasteiger charge is -2.39. The van der Waals surface area contributed by atoms with Gasteiger partial charge in [0.15, 0.2) is 0 Å². The fraction of sp³-hybridized carbons (Fsp3) is 0.200. The van der Waals surface area contributed by atoms with E-state index < -0.39 is 5.41 Å². The van der Waals surface area contributed by atoms with Crippen LogP contribution in [0.25, 0.3) is 0 Å². The van der Waals surface area contributed by atoms with Gasteiger partial charge in [0.2, 0.25) is 5.91 Å². The maximum atomic E-state index is 14.1. The summed E-state index contributed by atoms with van der Waals surface area (Å²) in [6.45, 7) is 0.529. The second-order valence-corrected chi connectivity index (χ2v) is 8.67. The number of amides is 1. The van der Waals surface area contributed by atoms with Crippen molar-refractivity contribution in [3.63, 3.8) is 0 Å². The van der Waals surface area contributed by atoms with Crippen molar-refractivity contribution < 1.29 is 9.53 Å². The largest absolute Gasteiger partial charge is 0.457 e. The third-order valence-electron chi connectivity index (χ3n) is 6.55. The molecule has 0 saturated heterocycles. The van der Waals surface area contributed by atoms with Crippen molar-refractivity contribution >= 4 is 5.91 Å². The molecule has 0 atom stereocenters. The fourth-order valence-electron chi connectivity index (χ4n) is 4.91. The first kappa shape index (κ1) is 21.9. The van der Waals surface area contributed by atoms with Crippen LogP contribution in [0.2, 0.25) is 0 Å². The molecule has 0 fully saturated rings. The predicted octanol–water partition coefficient (Wildman–Crippen LogP) is 5.86. The van der Waals surface area contributed by atoms with Gasteiger partial charge >= 0.3 is 0 Å². The summed E-state index contributed by atoms with van der Waals surface area (Å²) in [4.78, 5) is 18.5. The van der Waals surface area contributed by atoms with Crippen LogP contribution in [0.5, 0.6) is 11.5 Å². The van der Waals surface area contributed by atoms with E-state index in [1.54, 1.807) is 6.20 Å². The Labute approximate surface area is 200 Å². The van der Waals surface area contributed by atoms with Gasteiger partial charge in [0.1, 0.15) is 16.9 Å². The maximum Gasteiger partial charge on any atom is 0.235 e. The molecule has 0 spiro atoms. The lowest BCUT2D eigenvalue weighted by atomic mass is 9.68. The zero-order valence-corrected chi connectivity index (χ0v) is 19.1. The molecular weight excluding hydrogens is 420 g/mol. The minimum Gasteiger partial charge on any atom is -0.457 e. The molecule has 0 bridgehead atoms. The summed E-state index contributed by atoms with van der Waals surface area (Å²) in [5.74, 6) is 1.52. The van der Waals surface area contributed by atoms with Crippen LogP contribution in [0.1, 0.15) is 35.2 Å². The highest BCUT2D eigenvalue weighted by Crippen LogP contribution is 2.50. The van der Waals surface area contributed by atoms with Crippen molar-refractivity contribution in [1.82, 2.24) is 10.3 Å². The van der Waals surface area contributed by atoms with Gasteiger partial charge in [0.05, 0.1) is 0 Å². The second-order valence-electron chi connectivity index (χ2n) is 8.67. The van der Waals surface area contributed by atoms with Crippen LogP contribution in [0.3, 0.4) is 0 Å². The van der Waals surface area contributed by atoms with E-state index in [1.807, 2.05) is 72.8 Å². The molecule has 4 heteroatoms. The zero-order chi connectivity index (χ0) is 23.2. The molecule has 3 aromatic carbocycles. The topological polar surface area (TPSA) is 51.2 Å². The minimum atomic E-state index is -0.815. The van der Waals surface area contributed by atoms with E-state index in [0.717, 1.165) is 41.2 Å². The molecule has 0 unspecified atom stereocenters. The van der Waals surface area contributed by atoms with Gasteiger partial charge in [-0.3, -0.25) is 9.78 Å². The van der Waals surface area contributed by atoms with Gasteiger partial charge in [-0.2, -0.15) is 0 Å². The van der Waals surface area contributed by atoms with Crippen LogP contribution >= 0.6 is 0 Å². The van der Waals surface area contributed by atoms with Crippen molar-refractivity contribution in [3.8, 4) is 11.5 Å². The van der Waals surface area contributed by atoms with Crippen molar-refractivity contribution in [2.45, 2.75) is 31.1 Å². The van der Waals surface area contributed by atoms with Gasteiger partial charge in [0, 0.05) is 36.0 Å². The number of ether oxygens (including phenoxy) is 1. The van der Waals surface area contributed by atoms with E-state index in [9.17, 15) is 4.79 Å². The first-order chi connectivity index (χ1) is 16.8. The van der Waals surface area contributed by atoms with E-state index in [0.29, 0.717) is 19.4 Å². The van der Waals surface area contributed by atoms with Gasteiger partial charge < -0.3 is 10.1 Å². The summed E-state index contributed by atoms with van der Waals surface area (Å²) in [6, 6.07) is 32.2. The number of hydrogen-bond donors (Lipinski definition) is 1. The van der Waals surface area contributed by atoms with Crippen LogP contribution in [0.4, 0.5) is 0 Å². The highest BCUT2D eigenvalue weighted by atomic mass is 16.5. The van der Waals surface area contributed by atoms with Crippen molar-refractivity contribution in [2.24, 2.45) is 0 Å². The van der Waals surface area contributed by atoms with Gasteiger partial charge in [-0.25, -0.2) is 0 Å². The SMILES string of the molecule is O=C(NCCc1ccccn1)C1(CCCc2ccccc2)c2ccccc2Oc2ccccc21.